The van der Waals surface area contributed by atoms with E-state index in [-0.39, 0.29) is 12.0 Å². The summed E-state index contributed by atoms with van der Waals surface area (Å²) < 4.78 is 13.6. The summed E-state index contributed by atoms with van der Waals surface area (Å²) in [5.74, 6) is -0.662. The highest BCUT2D eigenvalue weighted by molar-refractivity contribution is 6.35. The van der Waals surface area contributed by atoms with Crippen LogP contribution in [0.2, 0.25) is 10.0 Å². The van der Waals surface area contributed by atoms with E-state index in [1.807, 2.05) is 6.07 Å². The van der Waals surface area contributed by atoms with E-state index in [4.69, 9.17) is 28.5 Å². The lowest BCUT2D eigenvalue weighted by molar-refractivity contribution is 0.573. The van der Waals surface area contributed by atoms with Crippen molar-refractivity contribution in [3.05, 3.63) is 51.9 Å². The third kappa shape index (κ3) is 2.61. The van der Waals surface area contributed by atoms with Gasteiger partial charge < -0.3 is 0 Å². The molecule has 0 N–H and O–H groups in total. The van der Waals surface area contributed by atoms with Gasteiger partial charge >= 0.3 is 0 Å². The maximum atomic E-state index is 13.6. The van der Waals surface area contributed by atoms with Crippen LogP contribution in [0.4, 0.5) is 4.39 Å². The molecule has 2 aromatic rings. The first-order valence-electron chi connectivity index (χ1n) is 5.09. The first-order chi connectivity index (χ1) is 8.61. The Balaban J connectivity index is 2.49. The number of nitrogens with zero attached hydrogens (tertiary/aromatic N) is 2. The zero-order valence-electron chi connectivity index (χ0n) is 9.12. The molecule has 0 radical (unpaired) electrons. The molecule has 1 aromatic carbocycles. The second kappa shape index (κ2) is 5.34. The summed E-state index contributed by atoms with van der Waals surface area (Å²) in [7, 11) is 0. The van der Waals surface area contributed by atoms with Crippen molar-refractivity contribution in [1.82, 2.24) is 4.98 Å². The molecule has 0 saturated heterocycles. The van der Waals surface area contributed by atoms with Crippen LogP contribution in [-0.4, -0.2) is 4.98 Å². The Kier molecular flexibility index (Phi) is 3.81. The van der Waals surface area contributed by atoms with Gasteiger partial charge in [-0.3, -0.25) is 0 Å². The van der Waals surface area contributed by atoms with Crippen molar-refractivity contribution in [1.29, 1.82) is 5.26 Å². The van der Waals surface area contributed by atoms with Crippen molar-refractivity contribution >= 4 is 23.2 Å². The van der Waals surface area contributed by atoms with E-state index in [9.17, 15) is 4.39 Å². The summed E-state index contributed by atoms with van der Waals surface area (Å²) in [5, 5.41) is 9.47. The fourth-order valence-corrected chi connectivity index (χ4v) is 1.91. The van der Waals surface area contributed by atoms with Gasteiger partial charge in [0, 0.05) is 16.1 Å². The molecule has 0 unspecified atom stereocenters. The van der Waals surface area contributed by atoms with Gasteiger partial charge in [-0.05, 0) is 24.3 Å². The van der Waals surface area contributed by atoms with Gasteiger partial charge in [-0.1, -0.05) is 29.3 Å². The van der Waals surface area contributed by atoms with Crippen molar-refractivity contribution in [2.24, 2.45) is 0 Å². The minimum atomic E-state index is -0.662. The minimum Gasteiger partial charge on any atom is -0.219 e. The van der Waals surface area contributed by atoms with E-state index in [1.165, 1.54) is 6.07 Å². The number of rotatable bonds is 2. The zero-order chi connectivity index (χ0) is 13.1. The van der Waals surface area contributed by atoms with Gasteiger partial charge in [-0.15, -0.1) is 0 Å². The molecule has 18 heavy (non-hydrogen) atoms. The molecule has 0 spiro atoms. The average molecular weight is 281 g/mol. The molecule has 5 heteroatoms. The number of nitriles is 1. The molecule has 0 aliphatic rings. The van der Waals surface area contributed by atoms with Gasteiger partial charge in [0.15, 0.2) is 0 Å². The van der Waals surface area contributed by atoms with Crippen LogP contribution < -0.4 is 0 Å². The van der Waals surface area contributed by atoms with Crippen LogP contribution in [0.25, 0.3) is 11.3 Å². The third-order valence-corrected chi connectivity index (χ3v) is 2.96. The van der Waals surface area contributed by atoms with E-state index in [0.717, 1.165) is 0 Å². The summed E-state index contributed by atoms with van der Waals surface area (Å²) >= 11 is 11.9. The summed E-state index contributed by atoms with van der Waals surface area (Å²) in [5.41, 5.74) is 1.22. The zero-order valence-corrected chi connectivity index (χ0v) is 10.6. The van der Waals surface area contributed by atoms with Crippen LogP contribution >= 0.6 is 23.2 Å². The highest BCUT2D eigenvalue weighted by atomic mass is 35.5. The lowest BCUT2D eigenvalue weighted by Crippen LogP contribution is -1.95. The second-order valence-corrected chi connectivity index (χ2v) is 4.45. The van der Waals surface area contributed by atoms with Gasteiger partial charge in [0.05, 0.1) is 23.2 Å². The number of pyridine rings is 1. The Morgan fingerprint density at radius 2 is 2.00 bits per heavy atom. The predicted octanol–water partition coefficient (Wildman–Crippen LogP) is 4.26. The molecule has 2 nitrogen and oxygen atoms in total. The van der Waals surface area contributed by atoms with Crippen LogP contribution in [0, 0.1) is 17.3 Å². The van der Waals surface area contributed by atoms with Crippen LogP contribution in [0.5, 0.6) is 0 Å². The normalized spacial score (nSPS) is 10.1. The molecular formula is C13H7Cl2FN2. The molecule has 0 bridgehead atoms. The van der Waals surface area contributed by atoms with Gasteiger partial charge in [-0.2, -0.15) is 9.65 Å². The fourth-order valence-electron chi connectivity index (χ4n) is 1.52. The molecular weight excluding hydrogens is 274 g/mol. The predicted molar refractivity (Wildman–Crippen MR) is 69.0 cm³/mol. The minimum absolute atomic E-state index is 0.0115. The van der Waals surface area contributed by atoms with Crippen molar-refractivity contribution in [3.8, 4) is 17.3 Å². The molecule has 0 amide bonds. The van der Waals surface area contributed by atoms with E-state index in [2.05, 4.69) is 4.98 Å². The molecule has 0 atom stereocenters. The lowest BCUT2D eigenvalue weighted by atomic mass is 10.1. The van der Waals surface area contributed by atoms with Crippen LogP contribution in [0.1, 0.15) is 5.56 Å². The van der Waals surface area contributed by atoms with E-state index >= 15 is 0 Å². The number of aromatic nitrogens is 1. The Bertz CT molecular complexity index is 635. The molecule has 90 valence electrons. The Hall–Kier alpha value is -1.63. The molecule has 0 saturated carbocycles. The summed E-state index contributed by atoms with van der Waals surface area (Å²) in [4.78, 5) is 3.80. The molecule has 1 heterocycles. The van der Waals surface area contributed by atoms with Crippen LogP contribution in [0.3, 0.4) is 0 Å². The first-order valence-corrected chi connectivity index (χ1v) is 5.85. The summed E-state index contributed by atoms with van der Waals surface area (Å²) in [6.07, 6.45) is -0.0115. The average Bonchev–Trinajstić information content (AvgIpc) is 2.35. The summed E-state index contributed by atoms with van der Waals surface area (Å²) in [6.45, 7) is 0. The largest absolute Gasteiger partial charge is 0.219 e. The lowest BCUT2D eigenvalue weighted by Gasteiger charge is -2.06. The van der Waals surface area contributed by atoms with Crippen molar-refractivity contribution < 1.29 is 4.39 Å². The molecule has 2 rings (SSSR count). The number of halogens is 3. The van der Waals surface area contributed by atoms with Crippen LogP contribution in [0.15, 0.2) is 30.3 Å². The maximum absolute atomic E-state index is 13.6. The van der Waals surface area contributed by atoms with Crippen molar-refractivity contribution in [2.45, 2.75) is 6.42 Å². The van der Waals surface area contributed by atoms with Gasteiger partial charge in [0.25, 0.3) is 0 Å². The molecule has 0 aliphatic heterocycles. The molecule has 0 fully saturated rings. The number of hydrogen-bond donors (Lipinski definition) is 0. The van der Waals surface area contributed by atoms with Crippen molar-refractivity contribution in [3.63, 3.8) is 0 Å². The topological polar surface area (TPSA) is 36.7 Å². The monoisotopic (exact) mass is 280 g/mol. The highest BCUT2D eigenvalue weighted by Crippen LogP contribution is 2.29. The quantitative estimate of drug-likeness (QED) is 0.771. The van der Waals surface area contributed by atoms with E-state index in [1.54, 1.807) is 24.3 Å². The Morgan fingerprint density at radius 1 is 1.22 bits per heavy atom. The smallest absolute Gasteiger partial charge is 0.217 e. The fraction of sp³-hybridized carbons (Fsp3) is 0.0769. The number of hydrogen-bond acceptors (Lipinski definition) is 2. The Labute approximate surface area is 114 Å². The SMILES string of the molecule is N#CCc1ccc(-c2cc(Cl)ccc2Cl)nc1F. The summed E-state index contributed by atoms with van der Waals surface area (Å²) in [6, 6.07) is 9.92. The first kappa shape index (κ1) is 12.8. The third-order valence-electron chi connectivity index (χ3n) is 2.40. The highest BCUT2D eigenvalue weighted by Gasteiger charge is 2.10. The molecule has 0 aliphatic carbocycles. The number of benzene rings is 1. The van der Waals surface area contributed by atoms with Gasteiger partial charge in [0.2, 0.25) is 5.95 Å². The van der Waals surface area contributed by atoms with Crippen molar-refractivity contribution in [2.75, 3.05) is 0 Å². The van der Waals surface area contributed by atoms with Crippen LogP contribution in [-0.2, 0) is 6.42 Å². The standard InChI is InChI=1S/C13H7Cl2FN2/c14-9-2-3-11(15)10(7-9)12-4-1-8(5-6-17)13(16)18-12/h1-4,7H,5H2. The molecule has 1 aromatic heterocycles. The van der Waals surface area contributed by atoms with Gasteiger partial charge in [0.1, 0.15) is 0 Å². The van der Waals surface area contributed by atoms with Gasteiger partial charge in [-0.25, -0.2) is 4.98 Å². The second-order valence-electron chi connectivity index (χ2n) is 3.61. The van der Waals surface area contributed by atoms with E-state index < -0.39 is 5.95 Å². The Morgan fingerprint density at radius 3 is 2.67 bits per heavy atom. The maximum Gasteiger partial charge on any atom is 0.217 e. The van der Waals surface area contributed by atoms with E-state index in [0.29, 0.717) is 21.3 Å².